The SMILES string of the molecule is CC(C)Oc1ccc(C(=O)Nc2ccc3c(c2)CC(=O)N3)cc1. The Balaban J connectivity index is 1.70. The summed E-state index contributed by atoms with van der Waals surface area (Å²) in [6.07, 6.45) is 0.442. The van der Waals surface area contributed by atoms with Gasteiger partial charge in [-0.05, 0) is 61.9 Å². The lowest BCUT2D eigenvalue weighted by atomic mass is 10.1. The quantitative estimate of drug-likeness (QED) is 0.911. The van der Waals surface area contributed by atoms with Gasteiger partial charge in [-0.25, -0.2) is 0 Å². The van der Waals surface area contributed by atoms with Crippen LogP contribution in [0.15, 0.2) is 42.5 Å². The maximum Gasteiger partial charge on any atom is 0.255 e. The molecule has 118 valence electrons. The topological polar surface area (TPSA) is 67.4 Å². The molecule has 1 aliphatic rings. The van der Waals surface area contributed by atoms with Gasteiger partial charge in [0.25, 0.3) is 5.91 Å². The van der Waals surface area contributed by atoms with E-state index in [1.807, 2.05) is 19.9 Å². The van der Waals surface area contributed by atoms with Crippen molar-refractivity contribution in [3.05, 3.63) is 53.6 Å². The molecule has 0 fully saturated rings. The van der Waals surface area contributed by atoms with E-state index in [1.165, 1.54) is 0 Å². The molecular weight excluding hydrogens is 292 g/mol. The molecule has 0 saturated heterocycles. The van der Waals surface area contributed by atoms with Crippen LogP contribution in [0.2, 0.25) is 0 Å². The number of carbonyl (C=O) groups excluding carboxylic acids is 2. The molecule has 1 heterocycles. The fourth-order valence-corrected chi connectivity index (χ4v) is 2.47. The van der Waals surface area contributed by atoms with Crippen molar-refractivity contribution in [1.82, 2.24) is 0 Å². The molecule has 1 aliphatic heterocycles. The van der Waals surface area contributed by atoms with Crippen molar-refractivity contribution < 1.29 is 14.3 Å². The highest BCUT2D eigenvalue weighted by molar-refractivity contribution is 6.05. The number of benzene rings is 2. The molecule has 0 aromatic heterocycles. The van der Waals surface area contributed by atoms with E-state index >= 15 is 0 Å². The van der Waals surface area contributed by atoms with Crippen LogP contribution in [0.4, 0.5) is 11.4 Å². The van der Waals surface area contributed by atoms with Gasteiger partial charge in [-0.3, -0.25) is 9.59 Å². The van der Waals surface area contributed by atoms with Crippen LogP contribution in [-0.2, 0) is 11.2 Å². The molecule has 0 saturated carbocycles. The Morgan fingerprint density at radius 2 is 1.91 bits per heavy atom. The Labute approximate surface area is 134 Å². The van der Waals surface area contributed by atoms with E-state index in [9.17, 15) is 9.59 Å². The van der Waals surface area contributed by atoms with Gasteiger partial charge >= 0.3 is 0 Å². The lowest BCUT2D eigenvalue weighted by Crippen LogP contribution is -2.12. The summed E-state index contributed by atoms with van der Waals surface area (Å²) in [6.45, 7) is 3.90. The van der Waals surface area contributed by atoms with Crippen molar-refractivity contribution in [2.24, 2.45) is 0 Å². The maximum absolute atomic E-state index is 12.3. The number of anilines is 2. The van der Waals surface area contributed by atoms with Crippen molar-refractivity contribution >= 4 is 23.2 Å². The predicted octanol–water partition coefficient (Wildman–Crippen LogP) is 3.22. The Morgan fingerprint density at radius 3 is 2.61 bits per heavy atom. The lowest BCUT2D eigenvalue weighted by molar-refractivity contribution is -0.115. The molecule has 0 bridgehead atoms. The molecule has 2 amide bonds. The van der Waals surface area contributed by atoms with Gasteiger partial charge in [0.2, 0.25) is 5.91 Å². The summed E-state index contributed by atoms with van der Waals surface area (Å²) in [5, 5.41) is 5.61. The van der Waals surface area contributed by atoms with E-state index in [2.05, 4.69) is 10.6 Å². The summed E-state index contributed by atoms with van der Waals surface area (Å²) < 4.78 is 5.56. The zero-order valence-corrected chi connectivity index (χ0v) is 13.1. The molecule has 2 aromatic rings. The van der Waals surface area contributed by atoms with Crippen LogP contribution in [0.1, 0.15) is 29.8 Å². The molecule has 0 atom stereocenters. The van der Waals surface area contributed by atoms with Crippen molar-refractivity contribution in [2.75, 3.05) is 10.6 Å². The van der Waals surface area contributed by atoms with Crippen LogP contribution >= 0.6 is 0 Å². The van der Waals surface area contributed by atoms with Gasteiger partial charge in [-0.2, -0.15) is 0 Å². The summed E-state index contributed by atoms with van der Waals surface area (Å²) in [5.41, 5.74) is 2.93. The highest BCUT2D eigenvalue weighted by Crippen LogP contribution is 2.26. The van der Waals surface area contributed by atoms with Gasteiger partial charge in [0.05, 0.1) is 12.5 Å². The number of ether oxygens (including phenoxy) is 1. The van der Waals surface area contributed by atoms with Gasteiger partial charge in [0.15, 0.2) is 0 Å². The van der Waals surface area contributed by atoms with E-state index in [-0.39, 0.29) is 17.9 Å². The third-order valence-corrected chi connectivity index (χ3v) is 3.48. The average molecular weight is 310 g/mol. The summed E-state index contributed by atoms with van der Waals surface area (Å²) in [5.74, 6) is 0.515. The number of hydrogen-bond acceptors (Lipinski definition) is 3. The standard InChI is InChI=1S/C18H18N2O3/c1-11(2)23-15-6-3-12(4-7-15)18(22)19-14-5-8-16-13(9-14)10-17(21)20-16/h3-9,11H,10H2,1-2H3,(H,19,22)(H,20,21). The number of rotatable bonds is 4. The Morgan fingerprint density at radius 1 is 1.17 bits per heavy atom. The van der Waals surface area contributed by atoms with E-state index in [4.69, 9.17) is 4.74 Å². The molecule has 5 nitrogen and oxygen atoms in total. The fraction of sp³-hybridized carbons (Fsp3) is 0.222. The third kappa shape index (κ3) is 3.51. The summed E-state index contributed by atoms with van der Waals surface area (Å²) in [7, 11) is 0. The van der Waals surface area contributed by atoms with Crippen molar-refractivity contribution in [3.63, 3.8) is 0 Å². The second-order valence-electron chi connectivity index (χ2n) is 5.74. The number of fused-ring (bicyclic) bond motifs is 1. The molecule has 2 aromatic carbocycles. The Kier molecular flexibility index (Phi) is 4.02. The van der Waals surface area contributed by atoms with Gasteiger partial charge < -0.3 is 15.4 Å². The van der Waals surface area contributed by atoms with E-state index in [0.29, 0.717) is 17.7 Å². The molecule has 0 aliphatic carbocycles. The minimum atomic E-state index is -0.196. The first-order chi connectivity index (χ1) is 11.0. The zero-order chi connectivity index (χ0) is 16.4. The third-order valence-electron chi connectivity index (χ3n) is 3.48. The number of amides is 2. The number of nitrogens with one attached hydrogen (secondary N) is 2. The minimum absolute atomic E-state index is 0.0239. The second kappa shape index (κ2) is 6.12. The molecule has 0 unspecified atom stereocenters. The first-order valence-corrected chi connectivity index (χ1v) is 7.52. The minimum Gasteiger partial charge on any atom is -0.491 e. The summed E-state index contributed by atoms with van der Waals surface area (Å²) in [6, 6.07) is 12.4. The molecule has 2 N–H and O–H groups in total. The zero-order valence-electron chi connectivity index (χ0n) is 13.1. The van der Waals surface area contributed by atoms with E-state index in [1.54, 1.807) is 36.4 Å². The van der Waals surface area contributed by atoms with E-state index in [0.717, 1.165) is 17.0 Å². The number of carbonyl (C=O) groups is 2. The molecule has 0 radical (unpaired) electrons. The van der Waals surface area contributed by atoms with Crippen molar-refractivity contribution in [3.8, 4) is 5.75 Å². The fourth-order valence-electron chi connectivity index (χ4n) is 2.47. The van der Waals surface area contributed by atoms with Crippen molar-refractivity contribution in [1.29, 1.82) is 0 Å². The second-order valence-corrected chi connectivity index (χ2v) is 5.74. The lowest BCUT2D eigenvalue weighted by Gasteiger charge is -2.10. The van der Waals surface area contributed by atoms with Crippen LogP contribution < -0.4 is 15.4 Å². The van der Waals surface area contributed by atoms with Crippen LogP contribution in [0.3, 0.4) is 0 Å². The van der Waals surface area contributed by atoms with Crippen LogP contribution in [0.5, 0.6) is 5.75 Å². The molecule has 23 heavy (non-hydrogen) atoms. The Hall–Kier alpha value is -2.82. The summed E-state index contributed by atoms with van der Waals surface area (Å²) in [4.78, 5) is 23.6. The maximum atomic E-state index is 12.3. The van der Waals surface area contributed by atoms with E-state index < -0.39 is 0 Å². The normalized spacial score (nSPS) is 12.7. The van der Waals surface area contributed by atoms with Crippen LogP contribution in [-0.4, -0.2) is 17.9 Å². The van der Waals surface area contributed by atoms with Gasteiger partial charge in [-0.1, -0.05) is 0 Å². The largest absolute Gasteiger partial charge is 0.491 e. The van der Waals surface area contributed by atoms with Crippen molar-refractivity contribution in [2.45, 2.75) is 26.4 Å². The van der Waals surface area contributed by atoms with Crippen LogP contribution in [0, 0.1) is 0 Å². The van der Waals surface area contributed by atoms with Crippen LogP contribution in [0.25, 0.3) is 0 Å². The monoisotopic (exact) mass is 310 g/mol. The molecule has 5 heteroatoms. The molecule has 3 rings (SSSR count). The molecule has 0 spiro atoms. The first-order valence-electron chi connectivity index (χ1n) is 7.52. The van der Waals surface area contributed by atoms with Gasteiger partial charge in [-0.15, -0.1) is 0 Å². The first kappa shape index (κ1) is 15.1. The molecular formula is C18H18N2O3. The predicted molar refractivity (Wildman–Crippen MR) is 88.9 cm³/mol. The van der Waals surface area contributed by atoms with Gasteiger partial charge in [0, 0.05) is 16.9 Å². The average Bonchev–Trinajstić information content (AvgIpc) is 2.86. The highest BCUT2D eigenvalue weighted by Gasteiger charge is 2.18. The number of hydrogen-bond donors (Lipinski definition) is 2. The van der Waals surface area contributed by atoms with Gasteiger partial charge in [0.1, 0.15) is 5.75 Å². The Bertz CT molecular complexity index is 751. The smallest absolute Gasteiger partial charge is 0.255 e. The summed E-state index contributed by atoms with van der Waals surface area (Å²) >= 11 is 0. The highest BCUT2D eigenvalue weighted by atomic mass is 16.5.